The first-order valence-corrected chi connectivity index (χ1v) is 7.88. The van der Waals surface area contributed by atoms with Crippen molar-refractivity contribution in [2.45, 2.75) is 6.42 Å². The highest BCUT2D eigenvalue weighted by atomic mass is 19.1. The Balaban J connectivity index is 1.53. The van der Waals surface area contributed by atoms with Gasteiger partial charge in [-0.25, -0.2) is 14.4 Å². The normalized spacial score (nSPS) is 10.3. The molecule has 0 radical (unpaired) electrons. The van der Waals surface area contributed by atoms with E-state index < -0.39 is 0 Å². The highest BCUT2D eigenvalue weighted by Gasteiger charge is 2.08. The second-order valence-electron chi connectivity index (χ2n) is 5.38. The van der Waals surface area contributed by atoms with E-state index in [1.54, 1.807) is 18.2 Å². The van der Waals surface area contributed by atoms with Crippen LogP contribution in [-0.2, 0) is 6.42 Å². The maximum Gasteiger partial charge on any atom is 0.271 e. The molecule has 0 saturated carbocycles. The number of aromatic nitrogens is 2. The number of halogens is 1. The smallest absolute Gasteiger partial charge is 0.271 e. The zero-order chi connectivity index (χ0) is 17.5. The van der Waals surface area contributed by atoms with Gasteiger partial charge in [-0.3, -0.25) is 4.79 Å². The van der Waals surface area contributed by atoms with Gasteiger partial charge in [0.25, 0.3) is 5.91 Å². The molecule has 0 bridgehead atoms. The molecule has 0 aliphatic heterocycles. The first kappa shape index (κ1) is 16.6. The zero-order valence-corrected chi connectivity index (χ0v) is 13.4. The van der Waals surface area contributed by atoms with Crippen LogP contribution in [-0.4, -0.2) is 22.4 Å². The average Bonchev–Trinajstić information content (AvgIpc) is 2.65. The van der Waals surface area contributed by atoms with Gasteiger partial charge >= 0.3 is 0 Å². The summed E-state index contributed by atoms with van der Waals surface area (Å²) in [5.41, 5.74) is 1.67. The SMILES string of the molecule is O=C(NCCc1ccccc1F)c1cnc(Nc2ccccc2)cn1. The molecule has 1 amide bonds. The van der Waals surface area contributed by atoms with Crippen LogP contribution in [0.1, 0.15) is 16.1 Å². The van der Waals surface area contributed by atoms with E-state index in [9.17, 15) is 9.18 Å². The molecule has 2 N–H and O–H groups in total. The molecular weight excluding hydrogens is 319 g/mol. The van der Waals surface area contributed by atoms with Crippen molar-refractivity contribution in [1.82, 2.24) is 15.3 Å². The number of amides is 1. The third kappa shape index (κ3) is 4.60. The molecule has 0 unspecified atom stereocenters. The van der Waals surface area contributed by atoms with Crippen LogP contribution in [0.15, 0.2) is 67.0 Å². The third-order valence-electron chi connectivity index (χ3n) is 3.57. The van der Waals surface area contributed by atoms with E-state index in [4.69, 9.17) is 0 Å². The molecule has 0 atom stereocenters. The van der Waals surface area contributed by atoms with Gasteiger partial charge in [-0.15, -0.1) is 0 Å². The van der Waals surface area contributed by atoms with Gasteiger partial charge in [0.1, 0.15) is 17.3 Å². The first-order valence-electron chi connectivity index (χ1n) is 7.88. The standard InChI is InChI=1S/C19H17FN4O/c20-16-9-5-4-6-14(16)10-11-21-19(25)17-12-23-18(13-22-17)24-15-7-2-1-3-8-15/h1-9,12-13H,10-11H2,(H,21,25)(H,23,24). The van der Waals surface area contributed by atoms with Crippen molar-refractivity contribution < 1.29 is 9.18 Å². The van der Waals surface area contributed by atoms with Gasteiger partial charge in [-0.1, -0.05) is 36.4 Å². The number of hydrogen-bond acceptors (Lipinski definition) is 4. The van der Waals surface area contributed by atoms with E-state index in [0.29, 0.717) is 24.3 Å². The second kappa shape index (κ2) is 8.01. The van der Waals surface area contributed by atoms with Crippen molar-refractivity contribution in [3.63, 3.8) is 0 Å². The molecule has 126 valence electrons. The fourth-order valence-electron chi connectivity index (χ4n) is 2.28. The third-order valence-corrected chi connectivity index (χ3v) is 3.57. The minimum absolute atomic E-state index is 0.215. The fourth-order valence-corrected chi connectivity index (χ4v) is 2.28. The van der Waals surface area contributed by atoms with E-state index in [1.807, 2.05) is 30.3 Å². The van der Waals surface area contributed by atoms with E-state index in [2.05, 4.69) is 20.6 Å². The number of carbonyl (C=O) groups excluding carboxylic acids is 1. The van der Waals surface area contributed by atoms with Gasteiger partial charge in [0.2, 0.25) is 0 Å². The number of para-hydroxylation sites is 1. The van der Waals surface area contributed by atoms with Crippen molar-refractivity contribution in [1.29, 1.82) is 0 Å². The summed E-state index contributed by atoms with van der Waals surface area (Å²) >= 11 is 0. The van der Waals surface area contributed by atoms with Crippen LogP contribution >= 0.6 is 0 Å². The molecule has 5 nitrogen and oxygen atoms in total. The van der Waals surface area contributed by atoms with E-state index in [1.165, 1.54) is 18.5 Å². The van der Waals surface area contributed by atoms with Gasteiger partial charge in [-0.2, -0.15) is 0 Å². The molecule has 0 aliphatic rings. The summed E-state index contributed by atoms with van der Waals surface area (Å²) in [4.78, 5) is 20.3. The van der Waals surface area contributed by atoms with Crippen LogP contribution in [0.2, 0.25) is 0 Å². The summed E-state index contributed by atoms with van der Waals surface area (Å²) in [7, 11) is 0. The Morgan fingerprint density at radius 3 is 2.44 bits per heavy atom. The van der Waals surface area contributed by atoms with Crippen LogP contribution in [0, 0.1) is 5.82 Å². The lowest BCUT2D eigenvalue weighted by Crippen LogP contribution is -2.26. The molecule has 3 rings (SSSR count). The van der Waals surface area contributed by atoms with Gasteiger partial charge in [0.05, 0.1) is 12.4 Å². The van der Waals surface area contributed by atoms with Gasteiger partial charge in [-0.05, 0) is 30.2 Å². The summed E-state index contributed by atoms with van der Waals surface area (Å²) in [5, 5.41) is 5.81. The monoisotopic (exact) mass is 336 g/mol. The summed E-state index contributed by atoms with van der Waals surface area (Å²) in [6.45, 7) is 0.325. The minimum atomic E-state index is -0.338. The average molecular weight is 336 g/mol. The van der Waals surface area contributed by atoms with E-state index >= 15 is 0 Å². The van der Waals surface area contributed by atoms with Crippen LogP contribution in [0.3, 0.4) is 0 Å². The van der Waals surface area contributed by atoms with Crippen LogP contribution in [0.5, 0.6) is 0 Å². The molecule has 0 saturated heterocycles. The van der Waals surface area contributed by atoms with Crippen molar-refractivity contribution in [2.24, 2.45) is 0 Å². The molecule has 25 heavy (non-hydrogen) atoms. The first-order chi connectivity index (χ1) is 12.2. The van der Waals surface area contributed by atoms with Crippen molar-refractivity contribution in [3.05, 3.63) is 84.1 Å². The second-order valence-corrected chi connectivity index (χ2v) is 5.38. The summed E-state index contributed by atoms with van der Waals surface area (Å²) in [6, 6.07) is 16.1. The highest BCUT2D eigenvalue weighted by Crippen LogP contribution is 2.12. The van der Waals surface area contributed by atoms with Crippen molar-refractivity contribution in [3.8, 4) is 0 Å². The topological polar surface area (TPSA) is 66.9 Å². The van der Waals surface area contributed by atoms with Gasteiger partial charge < -0.3 is 10.6 Å². The van der Waals surface area contributed by atoms with Crippen molar-refractivity contribution in [2.75, 3.05) is 11.9 Å². The summed E-state index contributed by atoms with van der Waals surface area (Å²) < 4.78 is 13.5. The maximum atomic E-state index is 13.5. The predicted molar refractivity (Wildman–Crippen MR) is 94.2 cm³/mol. The quantitative estimate of drug-likeness (QED) is 0.724. The summed E-state index contributed by atoms with van der Waals surface area (Å²) in [5.74, 6) is -0.0583. The molecule has 6 heteroatoms. The number of rotatable bonds is 6. The molecular formula is C19H17FN4O. The number of nitrogens with one attached hydrogen (secondary N) is 2. The van der Waals surface area contributed by atoms with Gasteiger partial charge in [0, 0.05) is 12.2 Å². The Morgan fingerprint density at radius 2 is 1.72 bits per heavy atom. The lowest BCUT2D eigenvalue weighted by molar-refractivity contribution is 0.0948. The Bertz CT molecular complexity index is 838. The largest absolute Gasteiger partial charge is 0.350 e. The molecule has 0 spiro atoms. The predicted octanol–water partition coefficient (Wildman–Crippen LogP) is 3.33. The number of nitrogens with zero attached hydrogens (tertiary/aromatic N) is 2. The Morgan fingerprint density at radius 1 is 0.960 bits per heavy atom. The van der Waals surface area contributed by atoms with Crippen LogP contribution < -0.4 is 10.6 Å². The zero-order valence-electron chi connectivity index (χ0n) is 13.4. The number of carbonyl (C=O) groups is 1. The number of benzene rings is 2. The summed E-state index contributed by atoms with van der Waals surface area (Å²) in [6.07, 6.45) is 3.32. The number of hydrogen-bond donors (Lipinski definition) is 2. The van der Waals surface area contributed by atoms with E-state index in [0.717, 1.165) is 5.69 Å². The Hall–Kier alpha value is -3.28. The molecule has 0 aliphatic carbocycles. The number of anilines is 2. The molecule has 0 fully saturated rings. The minimum Gasteiger partial charge on any atom is -0.350 e. The molecule has 3 aromatic rings. The fraction of sp³-hybridized carbons (Fsp3) is 0.105. The van der Waals surface area contributed by atoms with E-state index in [-0.39, 0.29) is 17.4 Å². The molecule has 1 heterocycles. The van der Waals surface area contributed by atoms with Crippen LogP contribution in [0.4, 0.5) is 15.9 Å². The maximum absolute atomic E-state index is 13.5. The van der Waals surface area contributed by atoms with Crippen molar-refractivity contribution >= 4 is 17.4 Å². The Kier molecular flexibility index (Phi) is 5.31. The molecule has 1 aromatic heterocycles. The molecule has 2 aromatic carbocycles. The highest BCUT2D eigenvalue weighted by molar-refractivity contribution is 5.92. The van der Waals surface area contributed by atoms with Crippen LogP contribution in [0.25, 0.3) is 0 Å². The Labute approximate surface area is 145 Å². The lowest BCUT2D eigenvalue weighted by atomic mass is 10.1. The lowest BCUT2D eigenvalue weighted by Gasteiger charge is -2.07. The van der Waals surface area contributed by atoms with Gasteiger partial charge in [0.15, 0.2) is 0 Å².